The van der Waals surface area contributed by atoms with Crippen molar-refractivity contribution in [2.75, 3.05) is 0 Å². The van der Waals surface area contributed by atoms with Crippen molar-refractivity contribution in [2.24, 2.45) is 23.2 Å². The lowest BCUT2D eigenvalue weighted by atomic mass is 9.47. The highest BCUT2D eigenvalue weighted by atomic mass is 16.5. The first-order valence-corrected chi connectivity index (χ1v) is 11.6. The third-order valence-electron chi connectivity index (χ3n) is 9.22. The molecule has 0 radical (unpaired) electrons. The number of nitrogens with zero attached hydrogens (tertiary/aromatic N) is 2. The number of ether oxygens (including phenoxy) is 1. The van der Waals surface area contributed by atoms with Crippen molar-refractivity contribution in [1.82, 2.24) is 9.78 Å². The quantitative estimate of drug-likeness (QED) is 0.495. The van der Waals surface area contributed by atoms with Gasteiger partial charge in [-0.3, -0.25) is 9.59 Å². The largest absolute Gasteiger partial charge is 0.462 e. The van der Waals surface area contributed by atoms with Crippen LogP contribution in [0.3, 0.4) is 0 Å². The molecule has 162 valence electrons. The Morgan fingerprint density at radius 2 is 1.83 bits per heavy atom. The average Bonchev–Trinajstić information content (AvgIpc) is 3.16. The van der Waals surface area contributed by atoms with Crippen LogP contribution in [0.5, 0.6) is 0 Å². The van der Waals surface area contributed by atoms with Crippen molar-refractivity contribution < 1.29 is 14.3 Å². The van der Waals surface area contributed by atoms with Crippen LogP contribution in [0.25, 0.3) is 0 Å². The first-order chi connectivity index (χ1) is 14.1. The van der Waals surface area contributed by atoms with Gasteiger partial charge in [0.2, 0.25) is 5.91 Å². The molecule has 1 aromatic rings. The summed E-state index contributed by atoms with van der Waals surface area (Å²) in [5.41, 5.74) is 5.45. The summed E-state index contributed by atoms with van der Waals surface area (Å²) in [6.45, 7) is 10.1. The average molecular weight is 411 g/mol. The van der Waals surface area contributed by atoms with E-state index >= 15 is 0 Å². The Kier molecular flexibility index (Phi) is 4.37. The van der Waals surface area contributed by atoms with Gasteiger partial charge in [-0.2, -0.15) is 5.10 Å². The molecule has 2 fully saturated rings. The van der Waals surface area contributed by atoms with Gasteiger partial charge in [0.15, 0.2) is 0 Å². The lowest BCUT2D eigenvalue weighted by Gasteiger charge is -2.57. The fourth-order valence-corrected chi connectivity index (χ4v) is 7.95. The molecule has 1 heterocycles. The fourth-order valence-electron chi connectivity index (χ4n) is 7.95. The van der Waals surface area contributed by atoms with Gasteiger partial charge in [-0.25, -0.2) is 4.68 Å². The SMILES string of the molecule is CC(=O)O[C@@H]1CC[C@]2(C)C(=CC[C@@H]3[C@@H]2CC[C@]2(C)c4c(C)nn(C(C)=O)c4C[C@@H]32)C1. The van der Waals surface area contributed by atoms with Crippen LogP contribution in [0.4, 0.5) is 0 Å². The van der Waals surface area contributed by atoms with Crippen LogP contribution in [0.1, 0.15) is 88.0 Å². The standard InChI is InChI=1S/C25H34N2O3/c1-14-23-22(27(26-14)15(2)28)13-21-19-7-6-17-12-18(30-16(3)29)8-10-24(17,4)20(19)9-11-25(21,23)5/h6,18-21H,7-13H2,1-5H3/t18-,19-,20+,21+,24-,25+/m1/s1. The summed E-state index contributed by atoms with van der Waals surface area (Å²) >= 11 is 0. The maximum atomic E-state index is 12.2. The summed E-state index contributed by atoms with van der Waals surface area (Å²) < 4.78 is 7.25. The molecule has 0 N–H and O–H groups in total. The Hall–Kier alpha value is -1.91. The lowest BCUT2D eigenvalue weighted by Crippen LogP contribution is -2.51. The highest BCUT2D eigenvalue weighted by Gasteiger charge is 2.59. The van der Waals surface area contributed by atoms with E-state index in [2.05, 4.69) is 31.9 Å². The third kappa shape index (κ3) is 2.63. The van der Waals surface area contributed by atoms with Crippen molar-refractivity contribution in [2.45, 2.75) is 91.1 Å². The zero-order valence-corrected chi connectivity index (χ0v) is 19.0. The maximum absolute atomic E-state index is 12.2. The molecule has 0 aromatic carbocycles. The molecule has 2 saturated carbocycles. The van der Waals surface area contributed by atoms with Gasteiger partial charge in [0.1, 0.15) is 6.10 Å². The molecule has 4 aliphatic rings. The first kappa shape index (κ1) is 20.0. The molecule has 5 rings (SSSR count). The second-order valence-corrected chi connectivity index (χ2v) is 10.7. The normalized spacial score (nSPS) is 39.3. The summed E-state index contributed by atoms with van der Waals surface area (Å²) in [7, 11) is 0. The van der Waals surface area contributed by atoms with Gasteiger partial charge >= 0.3 is 5.97 Å². The molecule has 5 nitrogen and oxygen atoms in total. The van der Waals surface area contributed by atoms with Crippen molar-refractivity contribution >= 4 is 11.9 Å². The molecule has 0 unspecified atom stereocenters. The van der Waals surface area contributed by atoms with Crippen molar-refractivity contribution in [3.63, 3.8) is 0 Å². The van der Waals surface area contributed by atoms with E-state index in [0.29, 0.717) is 17.8 Å². The Labute approximate surface area is 179 Å². The van der Waals surface area contributed by atoms with Gasteiger partial charge in [0, 0.05) is 25.8 Å². The number of carbonyl (C=O) groups is 2. The molecule has 0 spiro atoms. The molecule has 1 aromatic heterocycles. The van der Waals surface area contributed by atoms with Gasteiger partial charge in [0.25, 0.3) is 0 Å². The van der Waals surface area contributed by atoms with E-state index < -0.39 is 0 Å². The Bertz CT molecular complexity index is 960. The predicted octanol–water partition coefficient (Wildman–Crippen LogP) is 4.76. The predicted molar refractivity (Wildman–Crippen MR) is 114 cm³/mol. The number of allylic oxidation sites excluding steroid dienone is 1. The molecule has 5 heteroatoms. The van der Waals surface area contributed by atoms with Crippen LogP contribution in [0.15, 0.2) is 11.6 Å². The number of carbonyl (C=O) groups excluding carboxylic acids is 2. The van der Waals surface area contributed by atoms with Crippen molar-refractivity contribution in [1.29, 1.82) is 0 Å². The summed E-state index contributed by atoms with van der Waals surface area (Å²) in [5, 5.41) is 4.60. The summed E-state index contributed by atoms with van der Waals surface area (Å²) in [6.07, 6.45) is 10.00. The molecular weight excluding hydrogens is 376 g/mol. The van der Waals surface area contributed by atoms with Crippen LogP contribution in [0.2, 0.25) is 0 Å². The van der Waals surface area contributed by atoms with Crippen LogP contribution < -0.4 is 0 Å². The Morgan fingerprint density at radius 3 is 2.53 bits per heavy atom. The highest BCUT2D eigenvalue weighted by Crippen LogP contribution is 2.64. The van der Waals surface area contributed by atoms with E-state index in [1.165, 1.54) is 36.6 Å². The smallest absolute Gasteiger partial charge is 0.302 e. The summed E-state index contributed by atoms with van der Waals surface area (Å²) in [6, 6.07) is 0. The van der Waals surface area contributed by atoms with Crippen molar-refractivity contribution in [3.05, 3.63) is 28.6 Å². The zero-order chi connectivity index (χ0) is 21.4. The molecule has 0 amide bonds. The van der Waals surface area contributed by atoms with Crippen LogP contribution in [-0.2, 0) is 21.4 Å². The molecule has 30 heavy (non-hydrogen) atoms. The molecular formula is C25H34N2O3. The Morgan fingerprint density at radius 1 is 1.10 bits per heavy atom. The second-order valence-electron chi connectivity index (χ2n) is 10.7. The minimum Gasteiger partial charge on any atom is -0.462 e. The van der Waals surface area contributed by atoms with Crippen molar-refractivity contribution in [3.8, 4) is 0 Å². The van der Waals surface area contributed by atoms with E-state index in [0.717, 1.165) is 37.8 Å². The van der Waals surface area contributed by atoms with E-state index in [4.69, 9.17) is 4.74 Å². The second kappa shape index (κ2) is 6.54. The van der Waals surface area contributed by atoms with E-state index in [-0.39, 0.29) is 28.8 Å². The number of esters is 1. The fraction of sp³-hybridized carbons (Fsp3) is 0.720. The van der Waals surface area contributed by atoms with E-state index in [1.807, 2.05) is 0 Å². The van der Waals surface area contributed by atoms with Crippen LogP contribution in [-0.4, -0.2) is 27.8 Å². The first-order valence-electron chi connectivity index (χ1n) is 11.6. The number of hydrogen-bond donors (Lipinski definition) is 0. The minimum atomic E-state index is -0.162. The van der Waals surface area contributed by atoms with E-state index in [9.17, 15) is 9.59 Å². The molecule has 0 bridgehead atoms. The number of fused-ring (bicyclic) bond motifs is 7. The number of rotatable bonds is 1. The van der Waals surface area contributed by atoms with Gasteiger partial charge in [-0.15, -0.1) is 0 Å². The molecule has 0 aliphatic heterocycles. The number of aryl methyl sites for hydroxylation is 1. The number of aromatic nitrogens is 2. The molecule has 4 aliphatic carbocycles. The van der Waals surface area contributed by atoms with Gasteiger partial charge < -0.3 is 4.74 Å². The lowest BCUT2D eigenvalue weighted by molar-refractivity contribution is -0.148. The van der Waals surface area contributed by atoms with Crippen LogP contribution in [0, 0.1) is 30.1 Å². The third-order valence-corrected chi connectivity index (χ3v) is 9.22. The van der Waals surface area contributed by atoms with Gasteiger partial charge in [0.05, 0.1) is 11.4 Å². The molecule has 0 saturated heterocycles. The minimum absolute atomic E-state index is 0.0275. The number of hydrogen-bond acceptors (Lipinski definition) is 4. The Balaban J connectivity index is 1.47. The molecule has 6 atom stereocenters. The zero-order valence-electron chi connectivity index (χ0n) is 19.0. The van der Waals surface area contributed by atoms with Crippen LogP contribution >= 0.6 is 0 Å². The van der Waals surface area contributed by atoms with E-state index in [1.54, 1.807) is 11.6 Å². The van der Waals surface area contributed by atoms with Gasteiger partial charge in [-0.05, 0) is 74.0 Å². The summed E-state index contributed by atoms with van der Waals surface area (Å²) in [4.78, 5) is 23.7. The topological polar surface area (TPSA) is 61.2 Å². The maximum Gasteiger partial charge on any atom is 0.302 e. The summed E-state index contributed by atoms with van der Waals surface area (Å²) in [5.74, 6) is 1.77. The van der Waals surface area contributed by atoms with Gasteiger partial charge in [-0.1, -0.05) is 25.5 Å². The monoisotopic (exact) mass is 410 g/mol. The highest BCUT2D eigenvalue weighted by molar-refractivity contribution is 5.77.